The number of benzene rings is 1. The van der Waals surface area contributed by atoms with Crippen molar-refractivity contribution in [3.8, 4) is 11.5 Å². The van der Waals surface area contributed by atoms with Crippen molar-refractivity contribution in [3.05, 3.63) is 41.1 Å². The molecule has 2 rings (SSSR count). The summed E-state index contributed by atoms with van der Waals surface area (Å²) < 4.78 is 8.10. The minimum absolute atomic E-state index is 0.0575. The van der Waals surface area contributed by atoms with Gasteiger partial charge < -0.3 is 4.74 Å². The fourth-order valence-electron chi connectivity index (χ4n) is 1.38. The molecule has 4 nitrogen and oxygen atoms in total. The molecule has 1 aromatic carbocycles. The first-order valence-electron chi connectivity index (χ1n) is 5.09. The van der Waals surface area contributed by atoms with Crippen LogP contribution in [0.2, 0.25) is 0 Å². The number of ether oxygens (including phenoxy) is 1. The van der Waals surface area contributed by atoms with Crippen LogP contribution < -0.4 is 4.74 Å². The zero-order valence-electron chi connectivity index (χ0n) is 9.26. The summed E-state index contributed by atoms with van der Waals surface area (Å²) in [7, 11) is 0. The number of halogens is 1. The highest BCUT2D eigenvalue weighted by Crippen LogP contribution is 2.23. The first-order valence-corrected chi connectivity index (χ1v) is 5.88. The maximum absolute atomic E-state index is 10.9. The lowest BCUT2D eigenvalue weighted by Crippen LogP contribution is -2.05. The molecule has 0 spiro atoms. The van der Waals surface area contributed by atoms with Gasteiger partial charge in [-0.2, -0.15) is 5.10 Å². The van der Waals surface area contributed by atoms with Crippen molar-refractivity contribution in [3.63, 3.8) is 0 Å². The standard InChI is InChI=1S/C12H11BrN2O2/c1-9(16)7-15-8-12(6-14-15)17-11-4-2-3-10(13)5-11/h2-6,8H,7H2,1H3. The van der Waals surface area contributed by atoms with Gasteiger partial charge in [0.1, 0.15) is 5.75 Å². The van der Waals surface area contributed by atoms with Crippen molar-refractivity contribution >= 4 is 21.7 Å². The van der Waals surface area contributed by atoms with Crippen LogP contribution in [0, 0.1) is 0 Å². The molecule has 1 aromatic heterocycles. The molecule has 0 atom stereocenters. The fraction of sp³-hybridized carbons (Fsp3) is 0.167. The average molecular weight is 295 g/mol. The molecule has 0 aliphatic rings. The van der Waals surface area contributed by atoms with Gasteiger partial charge in [0, 0.05) is 4.47 Å². The van der Waals surface area contributed by atoms with Crippen LogP contribution in [-0.4, -0.2) is 15.6 Å². The van der Waals surface area contributed by atoms with E-state index >= 15 is 0 Å². The molecule has 5 heteroatoms. The molecule has 2 aromatic rings. The van der Waals surface area contributed by atoms with Crippen molar-refractivity contribution in [2.75, 3.05) is 0 Å². The number of ketones is 1. The Bertz CT molecular complexity index is 537. The van der Waals surface area contributed by atoms with Crippen molar-refractivity contribution in [1.29, 1.82) is 0 Å². The van der Waals surface area contributed by atoms with E-state index in [1.165, 1.54) is 6.92 Å². The second kappa shape index (κ2) is 5.14. The fourth-order valence-corrected chi connectivity index (χ4v) is 1.76. The summed E-state index contributed by atoms with van der Waals surface area (Å²) in [4.78, 5) is 10.9. The molecule has 1 heterocycles. The van der Waals surface area contributed by atoms with Crippen LogP contribution in [0.5, 0.6) is 11.5 Å². The van der Waals surface area contributed by atoms with Crippen LogP contribution in [0.1, 0.15) is 6.92 Å². The minimum atomic E-state index is 0.0575. The Labute approximate surface area is 107 Å². The minimum Gasteiger partial charge on any atom is -0.454 e. The molecule has 0 saturated carbocycles. The van der Waals surface area contributed by atoms with Gasteiger partial charge in [0.25, 0.3) is 0 Å². The molecule has 0 unspecified atom stereocenters. The van der Waals surface area contributed by atoms with E-state index in [1.807, 2.05) is 24.3 Å². The highest BCUT2D eigenvalue weighted by atomic mass is 79.9. The number of nitrogens with zero attached hydrogens (tertiary/aromatic N) is 2. The maximum atomic E-state index is 10.9. The smallest absolute Gasteiger partial charge is 0.165 e. The quantitative estimate of drug-likeness (QED) is 0.871. The van der Waals surface area contributed by atoms with E-state index in [0.29, 0.717) is 5.75 Å². The normalized spacial score (nSPS) is 10.2. The third kappa shape index (κ3) is 3.42. The van der Waals surface area contributed by atoms with Crippen molar-refractivity contribution in [2.45, 2.75) is 13.5 Å². The summed E-state index contributed by atoms with van der Waals surface area (Å²) >= 11 is 3.37. The van der Waals surface area contributed by atoms with E-state index in [-0.39, 0.29) is 12.3 Å². The SMILES string of the molecule is CC(=O)Cn1cc(Oc2cccc(Br)c2)cn1. The predicted molar refractivity (Wildman–Crippen MR) is 67.1 cm³/mol. The van der Waals surface area contributed by atoms with Crippen LogP contribution in [0.4, 0.5) is 0 Å². The summed E-state index contributed by atoms with van der Waals surface area (Å²) in [5.74, 6) is 1.40. The van der Waals surface area contributed by atoms with Crippen LogP contribution in [0.3, 0.4) is 0 Å². The van der Waals surface area contributed by atoms with E-state index in [4.69, 9.17) is 4.74 Å². The predicted octanol–water partition coefficient (Wildman–Crippen LogP) is 3.03. The monoisotopic (exact) mass is 294 g/mol. The number of hydrogen-bond donors (Lipinski definition) is 0. The molecule has 0 aliphatic heterocycles. The number of carbonyl (C=O) groups excluding carboxylic acids is 1. The summed E-state index contributed by atoms with van der Waals surface area (Å²) in [6, 6.07) is 7.53. The Kier molecular flexibility index (Phi) is 3.58. The van der Waals surface area contributed by atoms with Gasteiger partial charge in [-0.05, 0) is 25.1 Å². The van der Waals surface area contributed by atoms with E-state index in [2.05, 4.69) is 21.0 Å². The first kappa shape index (κ1) is 11.9. The zero-order chi connectivity index (χ0) is 12.3. The Balaban J connectivity index is 2.08. The first-order chi connectivity index (χ1) is 8.13. The number of rotatable bonds is 4. The highest BCUT2D eigenvalue weighted by Gasteiger charge is 2.03. The molecular weight excluding hydrogens is 284 g/mol. The average Bonchev–Trinajstić information content (AvgIpc) is 2.64. The molecule has 0 saturated heterocycles. The Morgan fingerprint density at radius 1 is 1.47 bits per heavy atom. The van der Waals surface area contributed by atoms with Crippen LogP contribution >= 0.6 is 15.9 Å². The second-order valence-corrected chi connectivity index (χ2v) is 4.55. The summed E-state index contributed by atoms with van der Waals surface area (Å²) in [5, 5.41) is 4.03. The third-order valence-corrected chi connectivity index (χ3v) is 2.52. The van der Waals surface area contributed by atoms with Gasteiger partial charge in [-0.1, -0.05) is 22.0 Å². The van der Waals surface area contributed by atoms with Gasteiger partial charge in [0.15, 0.2) is 11.5 Å². The maximum Gasteiger partial charge on any atom is 0.165 e. The molecule has 17 heavy (non-hydrogen) atoms. The largest absolute Gasteiger partial charge is 0.454 e. The van der Waals surface area contributed by atoms with Gasteiger partial charge in [-0.25, -0.2) is 0 Å². The number of aromatic nitrogens is 2. The van der Waals surface area contributed by atoms with Crippen LogP contribution in [0.15, 0.2) is 41.1 Å². The van der Waals surface area contributed by atoms with Crippen molar-refractivity contribution in [2.24, 2.45) is 0 Å². The van der Waals surface area contributed by atoms with E-state index < -0.39 is 0 Å². The molecular formula is C12H11BrN2O2. The summed E-state index contributed by atoms with van der Waals surface area (Å²) in [6.45, 7) is 1.79. The summed E-state index contributed by atoms with van der Waals surface area (Å²) in [5.41, 5.74) is 0. The zero-order valence-corrected chi connectivity index (χ0v) is 10.8. The Morgan fingerprint density at radius 2 is 2.29 bits per heavy atom. The lowest BCUT2D eigenvalue weighted by molar-refractivity contribution is -0.117. The lowest BCUT2D eigenvalue weighted by atomic mass is 10.3. The van der Waals surface area contributed by atoms with Crippen LogP contribution in [0.25, 0.3) is 0 Å². The highest BCUT2D eigenvalue weighted by molar-refractivity contribution is 9.10. The van der Waals surface area contributed by atoms with E-state index in [0.717, 1.165) is 10.2 Å². The molecule has 0 aliphatic carbocycles. The lowest BCUT2D eigenvalue weighted by Gasteiger charge is -2.02. The van der Waals surface area contributed by atoms with Gasteiger partial charge >= 0.3 is 0 Å². The number of carbonyl (C=O) groups is 1. The van der Waals surface area contributed by atoms with Gasteiger partial charge in [-0.15, -0.1) is 0 Å². The second-order valence-electron chi connectivity index (χ2n) is 3.64. The Hall–Kier alpha value is -1.62. The van der Waals surface area contributed by atoms with E-state index in [1.54, 1.807) is 17.1 Å². The number of hydrogen-bond acceptors (Lipinski definition) is 3. The number of Topliss-reactive ketones (excluding diaryl/α,β-unsaturated/α-hetero) is 1. The van der Waals surface area contributed by atoms with Crippen LogP contribution in [-0.2, 0) is 11.3 Å². The summed E-state index contributed by atoms with van der Waals surface area (Å²) in [6.07, 6.45) is 3.28. The van der Waals surface area contributed by atoms with Gasteiger partial charge in [-0.3, -0.25) is 9.48 Å². The van der Waals surface area contributed by atoms with Gasteiger partial charge in [0.05, 0.1) is 18.9 Å². The Morgan fingerprint density at radius 3 is 3.00 bits per heavy atom. The van der Waals surface area contributed by atoms with Crippen molar-refractivity contribution < 1.29 is 9.53 Å². The molecule has 0 radical (unpaired) electrons. The molecule has 0 fully saturated rings. The molecule has 0 N–H and O–H groups in total. The molecule has 0 bridgehead atoms. The van der Waals surface area contributed by atoms with Crippen molar-refractivity contribution in [1.82, 2.24) is 9.78 Å². The molecule has 0 amide bonds. The topological polar surface area (TPSA) is 44.1 Å². The third-order valence-electron chi connectivity index (χ3n) is 2.03. The molecule has 88 valence electrons. The van der Waals surface area contributed by atoms with Gasteiger partial charge in [0.2, 0.25) is 0 Å². The van der Waals surface area contributed by atoms with E-state index in [9.17, 15) is 4.79 Å².